The van der Waals surface area contributed by atoms with Crippen molar-refractivity contribution in [1.82, 2.24) is 4.98 Å². The second-order valence-corrected chi connectivity index (χ2v) is 8.22. The lowest BCUT2D eigenvalue weighted by atomic mass is 10.3. The lowest BCUT2D eigenvalue weighted by molar-refractivity contribution is 0.603. The molecule has 0 bridgehead atoms. The van der Waals surface area contributed by atoms with Crippen LogP contribution < -0.4 is 4.72 Å². The van der Waals surface area contributed by atoms with Gasteiger partial charge in [-0.05, 0) is 12.1 Å². The number of rotatable bonds is 6. The van der Waals surface area contributed by atoms with Gasteiger partial charge in [0.05, 0.1) is 11.9 Å². The summed E-state index contributed by atoms with van der Waals surface area (Å²) in [6.45, 7) is 3.65. The van der Waals surface area contributed by atoms with Crippen LogP contribution >= 0.6 is 34.7 Å². The maximum atomic E-state index is 12.2. The van der Waals surface area contributed by atoms with Crippen LogP contribution in [0.2, 0.25) is 4.47 Å². The molecular weight excluding hydrogens is 336 g/mol. The molecule has 1 aromatic heterocycles. The molecule has 0 amide bonds. The smallest absolute Gasteiger partial charge is 0.273 e. The molecular formula is C12H11ClN2O2S3. The molecule has 0 radical (unpaired) electrons. The maximum Gasteiger partial charge on any atom is 0.273 e. The number of nitrogens with zero attached hydrogens (tertiary/aromatic N) is 1. The van der Waals surface area contributed by atoms with Gasteiger partial charge in [-0.2, -0.15) is 0 Å². The van der Waals surface area contributed by atoms with Crippen LogP contribution in [0.3, 0.4) is 0 Å². The highest BCUT2D eigenvalue weighted by atomic mass is 35.5. The first kappa shape index (κ1) is 15.4. The van der Waals surface area contributed by atoms with Crippen molar-refractivity contribution >= 4 is 50.4 Å². The van der Waals surface area contributed by atoms with Crippen molar-refractivity contribution in [2.24, 2.45) is 0 Å². The van der Waals surface area contributed by atoms with E-state index in [9.17, 15) is 8.42 Å². The Morgan fingerprint density at radius 3 is 2.85 bits per heavy atom. The average molecular weight is 347 g/mol. The van der Waals surface area contributed by atoms with Gasteiger partial charge < -0.3 is 0 Å². The SMILES string of the molecule is C=CCSc1ccccc1NS(=O)(=O)c1cnc(Cl)s1. The summed E-state index contributed by atoms with van der Waals surface area (Å²) in [5.74, 6) is 0.700. The van der Waals surface area contributed by atoms with E-state index in [1.807, 2.05) is 12.1 Å². The minimum Gasteiger partial charge on any atom is -0.278 e. The summed E-state index contributed by atoms with van der Waals surface area (Å²) in [4.78, 5) is 4.58. The lowest BCUT2D eigenvalue weighted by Crippen LogP contribution is -2.12. The van der Waals surface area contributed by atoms with Gasteiger partial charge in [0.2, 0.25) is 0 Å². The molecule has 1 N–H and O–H groups in total. The van der Waals surface area contributed by atoms with E-state index in [0.29, 0.717) is 11.4 Å². The molecule has 106 valence electrons. The van der Waals surface area contributed by atoms with Crippen molar-refractivity contribution in [3.63, 3.8) is 0 Å². The Bertz CT molecular complexity index is 713. The summed E-state index contributed by atoms with van der Waals surface area (Å²) in [6.07, 6.45) is 3.01. The minimum absolute atomic E-state index is 0.0889. The summed E-state index contributed by atoms with van der Waals surface area (Å²) in [5.41, 5.74) is 0.531. The molecule has 0 spiro atoms. The van der Waals surface area contributed by atoms with Gasteiger partial charge in [-0.3, -0.25) is 4.72 Å². The van der Waals surface area contributed by atoms with Crippen molar-refractivity contribution in [2.45, 2.75) is 9.10 Å². The molecule has 1 heterocycles. The first-order valence-corrected chi connectivity index (χ1v) is 9.16. The van der Waals surface area contributed by atoms with E-state index in [1.54, 1.807) is 18.2 Å². The summed E-state index contributed by atoms with van der Waals surface area (Å²) in [6, 6.07) is 7.19. The molecule has 0 atom stereocenters. The zero-order valence-corrected chi connectivity index (χ0v) is 13.5. The first-order valence-electron chi connectivity index (χ1n) is 5.50. The monoisotopic (exact) mass is 346 g/mol. The fraction of sp³-hybridized carbons (Fsp3) is 0.0833. The van der Waals surface area contributed by atoms with Crippen LogP contribution in [-0.4, -0.2) is 19.2 Å². The van der Waals surface area contributed by atoms with Gasteiger partial charge in [0, 0.05) is 10.6 Å². The summed E-state index contributed by atoms with van der Waals surface area (Å²) >= 11 is 8.09. The van der Waals surface area contributed by atoms with E-state index < -0.39 is 10.0 Å². The van der Waals surface area contributed by atoms with Crippen LogP contribution in [0.15, 0.2) is 52.2 Å². The van der Waals surface area contributed by atoms with Crippen molar-refractivity contribution in [3.05, 3.63) is 47.6 Å². The van der Waals surface area contributed by atoms with E-state index in [4.69, 9.17) is 11.6 Å². The van der Waals surface area contributed by atoms with Crippen molar-refractivity contribution in [2.75, 3.05) is 10.5 Å². The highest BCUT2D eigenvalue weighted by molar-refractivity contribution is 7.99. The number of benzene rings is 1. The Hall–Kier alpha value is -1.02. The normalized spacial score (nSPS) is 11.2. The molecule has 0 aliphatic heterocycles. The quantitative estimate of drug-likeness (QED) is 0.637. The molecule has 0 fully saturated rings. The second-order valence-electron chi connectivity index (χ2n) is 3.63. The largest absolute Gasteiger partial charge is 0.278 e. The Morgan fingerprint density at radius 2 is 2.20 bits per heavy atom. The molecule has 2 rings (SSSR count). The highest BCUT2D eigenvalue weighted by Gasteiger charge is 2.19. The topological polar surface area (TPSA) is 59.1 Å². The van der Waals surface area contributed by atoms with Crippen LogP contribution in [0.4, 0.5) is 5.69 Å². The Balaban J connectivity index is 2.27. The van der Waals surface area contributed by atoms with Gasteiger partial charge in [-0.15, -0.1) is 18.3 Å². The van der Waals surface area contributed by atoms with E-state index in [-0.39, 0.29) is 8.68 Å². The Kier molecular flexibility index (Phi) is 5.09. The van der Waals surface area contributed by atoms with Crippen molar-refractivity contribution in [1.29, 1.82) is 0 Å². The third-order valence-corrected chi connectivity index (χ3v) is 6.22. The molecule has 0 saturated carbocycles. The number of para-hydroxylation sites is 1. The van der Waals surface area contributed by atoms with Crippen molar-refractivity contribution in [3.8, 4) is 0 Å². The zero-order chi connectivity index (χ0) is 14.6. The van der Waals surface area contributed by atoms with Crippen LogP contribution in [0.5, 0.6) is 0 Å². The maximum absolute atomic E-state index is 12.2. The number of thioether (sulfide) groups is 1. The molecule has 1 aromatic carbocycles. The molecule has 20 heavy (non-hydrogen) atoms. The standard InChI is InChI=1S/C12H11ClN2O2S3/c1-2-7-18-10-6-4-3-5-9(10)15-20(16,17)11-8-14-12(13)19-11/h2-6,8,15H,1,7H2. The minimum atomic E-state index is -3.66. The Morgan fingerprint density at radius 1 is 1.45 bits per heavy atom. The van der Waals surface area contributed by atoms with Gasteiger partial charge in [0.1, 0.15) is 0 Å². The third kappa shape index (κ3) is 3.76. The van der Waals surface area contributed by atoms with E-state index >= 15 is 0 Å². The van der Waals surface area contributed by atoms with Crippen LogP contribution in [0.25, 0.3) is 0 Å². The first-order chi connectivity index (χ1) is 9.53. The molecule has 0 aliphatic carbocycles. The molecule has 0 unspecified atom stereocenters. The van der Waals surface area contributed by atoms with Gasteiger partial charge in [0.15, 0.2) is 8.68 Å². The molecule has 8 heteroatoms. The number of aromatic nitrogens is 1. The summed E-state index contributed by atoms with van der Waals surface area (Å²) < 4.78 is 27.3. The van der Waals surface area contributed by atoms with Crippen LogP contribution in [0, 0.1) is 0 Å². The predicted molar refractivity (Wildman–Crippen MR) is 85.3 cm³/mol. The number of sulfonamides is 1. The van der Waals surface area contributed by atoms with Crippen LogP contribution in [-0.2, 0) is 10.0 Å². The molecule has 0 saturated heterocycles. The molecule has 0 aliphatic rings. The summed E-state index contributed by atoms with van der Waals surface area (Å²) in [5, 5.41) is 0. The average Bonchev–Trinajstić information content (AvgIpc) is 2.85. The number of hydrogen-bond acceptors (Lipinski definition) is 5. The van der Waals surface area contributed by atoms with E-state index in [2.05, 4.69) is 16.3 Å². The van der Waals surface area contributed by atoms with Gasteiger partial charge >= 0.3 is 0 Å². The van der Waals surface area contributed by atoms with E-state index in [1.165, 1.54) is 18.0 Å². The fourth-order valence-electron chi connectivity index (χ4n) is 1.38. The second kappa shape index (κ2) is 6.62. The van der Waals surface area contributed by atoms with Crippen LogP contribution in [0.1, 0.15) is 0 Å². The lowest BCUT2D eigenvalue weighted by Gasteiger charge is -2.10. The highest BCUT2D eigenvalue weighted by Crippen LogP contribution is 2.30. The predicted octanol–water partition coefficient (Wildman–Crippen LogP) is 3.88. The number of nitrogens with one attached hydrogen (secondary N) is 1. The molecule has 2 aromatic rings. The van der Waals surface area contributed by atoms with Gasteiger partial charge in [0.25, 0.3) is 10.0 Å². The number of anilines is 1. The molecule has 4 nitrogen and oxygen atoms in total. The van der Waals surface area contributed by atoms with E-state index in [0.717, 1.165) is 16.2 Å². The number of halogens is 1. The van der Waals surface area contributed by atoms with Crippen molar-refractivity contribution < 1.29 is 8.42 Å². The van der Waals surface area contributed by atoms with Gasteiger partial charge in [-0.1, -0.05) is 41.1 Å². The summed E-state index contributed by atoms with van der Waals surface area (Å²) in [7, 11) is -3.66. The fourth-order valence-corrected chi connectivity index (χ4v) is 4.57. The number of hydrogen-bond donors (Lipinski definition) is 1. The number of thiazole rings is 1. The Labute approximate surface area is 130 Å². The van der Waals surface area contributed by atoms with Gasteiger partial charge in [-0.25, -0.2) is 13.4 Å². The third-order valence-electron chi connectivity index (χ3n) is 2.21. The zero-order valence-electron chi connectivity index (χ0n) is 10.2.